The molecule has 1 amide bonds. The van der Waals surface area contributed by atoms with Crippen LogP contribution >= 0.6 is 11.6 Å². The minimum atomic E-state index is -0.336. The summed E-state index contributed by atoms with van der Waals surface area (Å²) in [5, 5.41) is 7.81. The predicted octanol–water partition coefficient (Wildman–Crippen LogP) is 6.20. The predicted molar refractivity (Wildman–Crippen MR) is 124 cm³/mol. The molecule has 0 spiro atoms. The van der Waals surface area contributed by atoms with E-state index in [1.165, 1.54) is 5.56 Å². The number of anilines is 1. The van der Waals surface area contributed by atoms with Gasteiger partial charge in [0.25, 0.3) is 5.91 Å². The molecule has 0 bridgehead atoms. The Labute approximate surface area is 186 Å². The van der Waals surface area contributed by atoms with Gasteiger partial charge in [-0.05, 0) is 54.4 Å². The maximum Gasteiger partial charge on any atom is 0.291 e. The number of furan rings is 1. The summed E-state index contributed by atoms with van der Waals surface area (Å²) in [6, 6.07) is 23.0. The Morgan fingerprint density at radius 1 is 1.06 bits per heavy atom. The Hall–Kier alpha value is -3.28. The molecular formula is C25H23ClN2O3. The van der Waals surface area contributed by atoms with Gasteiger partial charge in [-0.15, -0.1) is 0 Å². The largest absolute Gasteiger partial charge is 0.493 e. The van der Waals surface area contributed by atoms with Crippen molar-refractivity contribution in [3.63, 3.8) is 0 Å². The van der Waals surface area contributed by atoms with E-state index in [1.807, 2.05) is 30.3 Å². The highest BCUT2D eigenvalue weighted by Crippen LogP contribution is 2.32. The highest BCUT2D eigenvalue weighted by molar-refractivity contribution is 6.30. The molecule has 1 unspecified atom stereocenters. The maximum absolute atomic E-state index is 12.7. The van der Waals surface area contributed by atoms with Crippen LogP contribution in [0.5, 0.6) is 5.75 Å². The summed E-state index contributed by atoms with van der Waals surface area (Å²) >= 11 is 5.91. The first kappa shape index (κ1) is 21.0. The number of carbonyl (C=O) groups excluding carboxylic acids is 1. The van der Waals surface area contributed by atoms with Crippen molar-refractivity contribution in [2.24, 2.45) is 0 Å². The second-order valence-corrected chi connectivity index (χ2v) is 7.69. The van der Waals surface area contributed by atoms with Gasteiger partial charge in [-0.25, -0.2) is 0 Å². The van der Waals surface area contributed by atoms with Gasteiger partial charge in [0, 0.05) is 28.7 Å². The fraction of sp³-hybridized carbons (Fsp3) is 0.160. The molecule has 1 heterocycles. The first-order valence-corrected chi connectivity index (χ1v) is 10.4. The number of rotatable bonds is 7. The average Bonchev–Trinajstić information content (AvgIpc) is 3.25. The van der Waals surface area contributed by atoms with E-state index < -0.39 is 0 Å². The van der Waals surface area contributed by atoms with Crippen LogP contribution in [0.25, 0.3) is 11.0 Å². The molecule has 0 aliphatic carbocycles. The van der Waals surface area contributed by atoms with Gasteiger partial charge in [0.1, 0.15) is 0 Å². The molecule has 4 rings (SSSR count). The Morgan fingerprint density at radius 3 is 2.52 bits per heavy atom. The number of carbonyl (C=O) groups is 1. The van der Waals surface area contributed by atoms with Crippen LogP contribution in [0.3, 0.4) is 0 Å². The van der Waals surface area contributed by atoms with E-state index in [2.05, 4.69) is 29.7 Å². The molecular weight excluding hydrogens is 412 g/mol. The van der Waals surface area contributed by atoms with E-state index in [9.17, 15) is 4.79 Å². The molecule has 1 aromatic heterocycles. The van der Waals surface area contributed by atoms with E-state index in [1.54, 1.807) is 37.4 Å². The lowest BCUT2D eigenvalue weighted by molar-refractivity contribution is 0.0998. The van der Waals surface area contributed by atoms with Gasteiger partial charge in [-0.1, -0.05) is 48.0 Å². The second-order valence-electron chi connectivity index (χ2n) is 7.25. The van der Waals surface area contributed by atoms with Gasteiger partial charge < -0.3 is 19.8 Å². The molecule has 4 aromatic rings. The maximum atomic E-state index is 12.7. The number of hydrogen-bond acceptors (Lipinski definition) is 4. The standard InChI is InChI=1S/C25H23ClN2O3/c1-16(17-6-4-3-5-7-17)27-15-18-8-13-22(30-2)24-21(18)14-23(31-24)25(29)28-20-11-9-19(26)10-12-20/h3-14,16,27H,15H2,1-2H3,(H,28,29). The minimum Gasteiger partial charge on any atom is -0.493 e. The molecule has 0 radical (unpaired) electrons. The molecule has 5 nitrogen and oxygen atoms in total. The molecule has 0 aliphatic rings. The minimum absolute atomic E-state index is 0.179. The van der Waals surface area contributed by atoms with Crippen LogP contribution in [0.15, 0.2) is 77.2 Å². The number of fused-ring (bicyclic) bond motifs is 1. The number of halogens is 1. The third kappa shape index (κ3) is 4.74. The van der Waals surface area contributed by atoms with Crippen molar-refractivity contribution in [1.82, 2.24) is 5.32 Å². The first-order valence-electron chi connectivity index (χ1n) is 10.00. The molecule has 3 aromatic carbocycles. The van der Waals surface area contributed by atoms with Crippen LogP contribution in [0.1, 0.15) is 34.6 Å². The van der Waals surface area contributed by atoms with Crippen molar-refractivity contribution in [3.8, 4) is 5.75 Å². The zero-order valence-electron chi connectivity index (χ0n) is 17.3. The van der Waals surface area contributed by atoms with Crippen molar-refractivity contribution in [3.05, 3.63) is 94.7 Å². The van der Waals surface area contributed by atoms with E-state index in [4.69, 9.17) is 20.8 Å². The highest BCUT2D eigenvalue weighted by atomic mass is 35.5. The summed E-state index contributed by atoms with van der Waals surface area (Å²) in [6.07, 6.45) is 0. The summed E-state index contributed by atoms with van der Waals surface area (Å²) in [6.45, 7) is 2.74. The summed E-state index contributed by atoms with van der Waals surface area (Å²) in [4.78, 5) is 12.7. The number of nitrogens with one attached hydrogen (secondary N) is 2. The van der Waals surface area contributed by atoms with Gasteiger partial charge in [0.05, 0.1) is 7.11 Å². The lowest BCUT2D eigenvalue weighted by Gasteiger charge is -2.15. The van der Waals surface area contributed by atoms with Crippen LogP contribution < -0.4 is 15.4 Å². The number of benzene rings is 3. The second kappa shape index (κ2) is 9.25. The van der Waals surface area contributed by atoms with Crippen LogP contribution in [0.4, 0.5) is 5.69 Å². The molecule has 0 aliphatic heterocycles. The smallest absolute Gasteiger partial charge is 0.291 e. The average molecular weight is 435 g/mol. The fourth-order valence-electron chi connectivity index (χ4n) is 3.43. The van der Waals surface area contributed by atoms with Crippen molar-refractivity contribution < 1.29 is 13.9 Å². The van der Waals surface area contributed by atoms with E-state index in [-0.39, 0.29) is 17.7 Å². The summed E-state index contributed by atoms with van der Waals surface area (Å²) in [5.41, 5.74) is 3.42. The molecule has 2 N–H and O–H groups in total. The SMILES string of the molecule is COc1ccc(CNC(C)c2ccccc2)c2cc(C(=O)Nc3ccc(Cl)cc3)oc12. The summed E-state index contributed by atoms with van der Waals surface area (Å²) < 4.78 is 11.3. The van der Waals surface area contributed by atoms with Gasteiger partial charge in [0.15, 0.2) is 17.1 Å². The normalized spacial score (nSPS) is 12.0. The first-order chi connectivity index (χ1) is 15.0. The zero-order valence-corrected chi connectivity index (χ0v) is 18.1. The summed E-state index contributed by atoms with van der Waals surface area (Å²) in [7, 11) is 1.58. The molecule has 0 fully saturated rings. The van der Waals surface area contributed by atoms with E-state index in [0.717, 1.165) is 10.9 Å². The Kier molecular flexibility index (Phi) is 6.26. The van der Waals surface area contributed by atoms with Crippen molar-refractivity contribution in [2.75, 3.05) is 12.4 Å². The number of hydrogen-bond donors (Lipinski definition) is 2. The quantitative estimate of drug-likeness (QED) is 0.363. The third-order valence-corrected chi connectivity index (χ3v) is 5.43. The Bertz CT molecular complexity index is 1190. The van der Waals surface area contributed by atoms with Crippen molar-refractivity contribution >= 4 is 34.2 Å². The molecule has 158 valence electrons. The van der Waals surface area contributed by atoms with Crippen molar-refractivity contribution in [2.45, 2.75) is 19.5 Å². The number of methoxy groups -OCH3 is 1. The van der Waals surface area contributed by atoms with Crippen LogP contribution in [-0.2, 0) is 6.54 Å². The van der Waals surface area contributed by atoms with Gasteiger partial charge in [0.2, 0.25) is 0 Å². The monoisotopic (exact) mass is 434 g/mol. The summed E-state index contributed by atoms with van der Waals surface area (Å²) in [5.74, 6) is 0.462. The third-order valence-electron chi connectivity index (χ3n) is 5.18. The highest BCUT2D eigenvalue weighted by Gasteiger charge is 2.18. The van der Waals surface area contributed by atoms with Gasteiger partial charge in [-0.3, -0.25) is 4.79 Å². The molecule has 0 saturated heterocycles. The van der Waals surface area contributed by atoms with Gasteiger partial charge >= 0.3 is 0 Å². The molecule has 6 heteroatoms. The van der Waals surface area contributed by atoms with Crippen LogP contribution in [-0.4, -0.2) is 13.0 Å². The van der Waals surface area contributed by atoms with Gasteiger partial charge in [-0.2, -0.15) is 0 Å². The topological polar surface area (TPSA) is 63.5 Å². The fourth-order valence-corrected chi connectivity index (χ4v) is 3.56. The molecule has 0 saturated carbocycles. The lowest BCUT2D eigenvalue weighted by Crippen LogP contribution is -2.18. The Morgan fingerprint density at radius 2 is 1.81 bits per heavy atom. The van der Waals surface area contributed by atoms with Crippen LogP contribution in [0, 0.1) is 0 Å². The Balaban J connectivity index is 1.58. The molecule has 31 heavy (non-hydrogen) atoms. The zero-order chi connectivity index (χ0) is 21.8. The van der Waals surface area contributed by atoms with Crippen LogP contribution in [0.2, 0.25) is 5.02 Å². The number of amides is 1. The van der Waals surface area contributed by atoms with E-state index in [0.29, 0.717) is 28.6 Å². The molecule has 1 atom stereocenters. The van der Waals surface area contributed by atoms with Crippen molar-refractivity contribution in [1.29, 1.82) is 0 Å². The number of ether oxygens (including phenoxy) is 1. The van der Waals surface area contributed by atoms with E-state index >= 15 is 0 Å². The lowest BCUT2D eigenvalue weighted by atomic mass is 10.1.